The van der Waals surface area contributed by atoms with Crippen molar-refractivity contribution in [2.45, 2.75) is 45.5 Å². The van der Waals surface area contributed by atoms with Crippen molar-refractivity contribution in [3.8, 4) is 0 Å². The number of aromatic nitrogens is 2. The lowest BCUT2D eigenvalue weighted by atomic mass is 9.94. The van der Waals surface area contributed by atoms with Crippen LogP contribution >= 0.6 is 23.2 Å². The van der Waals surface area contributed by atoms with E-state index in [4.69, 9.17) is 37.6 Å². The van der Waals surface area contributed by atoms with E-state index in [1.54, 1.807) is 24.4 Å². The van der Waals surface area contributed by atoms with Gasteiger partial charge in [0.25, 0.3) is 0 Å². The van der Waals surface area contributed by atoms with Crippen molar-refractivity contribution >= 4 is 40.8 Å². The van der Waals surface area contributed by atoms with E-state index >= 15 is 0 Å². The van der Waals surface area contributed by atoms with Gasteiger partial charge in [0.1, 0.15) is 17.4 Å². The van der Waals surface area contributed by atoms with E-state index in [-0.39, 0.29) is 23.8 Å². The van der Waals surface area contributed by atoms with Crippen LogP contribution in [0.4, 0.5) is 24.9 Å². The van der Waals surface area contributed by atoms with Gasteiger partial charge in [0, 0.05) is 30.4 Å². The largest absolute Gasteiger partial charge is 0.456 e. The average molecular weight is 567 g/mol. The summed E-state index contributed by atoms with van der Waals surface area (Å²) in [6, 6.07) is 6.68. The monoisotopic (exact) mass is 566 g/mol. The number of aryl methyl sites for hydroxylation is 1. The predicted molar refractivity (Wildman–Crippen MR) is 142 cm³/mol. The number of alkyl halides is 3. The first-order valence-electron chi connectivity index (χ1n) is 12.4. The van der Waals surface area contributed by atoms with Crippen LogP contribution in [0, 0.1) is 12.8 Å². The summed E-state index contributed by atoms with van der Waals surface area (Å²) >= 11 is 13.1. The molecule has 0 aliphatic carbocycles. The van der Waals surface area contributed by atoms with Gasteiger partial charge in [0.2, 0.25) is 11.7 Å². The zero-order valence-electron chi connectivity index (χ0n) is 20.7. The molecule has 2 N–H and O–H groups in total. The SMILES string of the molecule is Cc1cc(CNc2ncc3c(n2)N(CCC2CCNCC2)C(c2c(Cl)cccc2Cl)=NC3)c(C(F)(F)F)o1. The van der Waals surface area contributed by atoms with Gasteiger partial charge >= 0.3 is 6.18 Å². The number of aliphatic imine (C=N–C) groups is 1. The molecule has 1 aromatic carbocycles. The van der Waals surface area contributed by atoms with Crippen molar-refractivity contribution in [1.29, 1.82) is 0 Å². The molecule has 1 saturated heterocycles. The summed E-state index contributed by atoms with van der Waals surface area (Å²) in [5, 5.41) is 7.28. The van der Waals surface area contributed by atoms with Gasteiger partial charge in [-0.15, -0.1) is 0 Å². The fourth-order valence-corrected chi connectivity index (χ4v) is 5.47. The van der Waals surface area contributed by atoms with Gasteiger partial charge in [-0.25, -0.2) is 4.98 Å². The molecule has 2 aliphatic heterocycles. The Morgan fingerprint density at radius 3 is 2.63 bits per heavy atom. The third-order valence-corrected chi connectivity index (χ3v) is 7.41. The summed E-state index contributed by atoms with van der Waals surface area (Å²) in [6.07, 6.45) is 0.151. The smallest absolute Gasteiger partial charge is 0.449 e. The second-order valence-electron chi connectivity index (χ2n) is 9.48. The Balaban J connectivity index is 1.44. The molecule has 202 valence electrons. The van der Waals surface area contributed by atoms with Crippen LogP contribution in [0.1, 0.15) is 47.5 Å². The van der Waals surface area contributed by atoms with Gasteiger partial charge in [0.05, 0.1) is 22.2 Å². The maximum Gasteiger partial charge on any atom is 0.449 e. The van der Waals surface area contributed by atoms with Crippen LogP contribution in [0.3, 0.4) is 0 Å². The highest BCUT2D eigenvalue weighted by Crippen LogP contribution is 2.35. The lowest BCUT2D eigenvalue weighted by Crippen LogP contribution is -2.39. The molecule has 12 heteroatoms. The summed E-state index contributed by atoms with van der Waals surface area (Å²) in [5.41, 5.74) is 1.43. The number of rotatable bonds is 7. The minimum atomic E-state index is -4.59. The van der Waals surface area contributed by atoms with Gasteiger partial charge < -0.3 is 20.0 Å². The number of nitrogens with zero attached hydrogens (tertiary/aromatic N) is 4. The maximum atomic E-state index is 13.4. The first-order valence-corrected chi connectivity index (χ1v) is 13.2. The molecule has 0 spiro atoms. The van der Waals surface area contributed by atoms with E-state index in [0.29, 0.717) is 46.3 Å². The minimum Gasteiger partial charge on any atom is -0.456 e. The standard InChI is InChI=1S/C26H27Cl2F3N6O/c1-15-11-17(22(38-15)26(29,30)31)12-34-25-35-14-18-13-33-24(21-19(27)3-2-4-20(21)28)37(23(18)36-25)10-7-16-5-8-32-9-6-16/h2-4,11,14,16,32H,5-10,12-13H2,1H3,(H,34,35,36). The van der Waals surface area contributed by atoms with Gasteiger partial charge in [-0.3, -0.25) is 4.99 Å². The normalized spacial score (nSPS) is 16.4. The highest BCUT2D eigenvalue weighted by atomic mass is 35.5. The highest BCUT2D eigenvalue weighted by molar-refractivity contribution is 6.41. The summed E-state index contributed by atoms with van der Waals surface area (Å²) < 4.78 is 45.0. The quantitative estimate of drug-likeness (QED) is 0.341. The van der Waals surface area contributed by atoms with E-state index in [2.05, 4.69) is 15.6 Å². The molecule has 0 unspecified atom stereocenters. The molecular formula is C26H27Cl2F3N6O. The molecule has 3 aromatic rings. The van der Waals surface area contributed by atoms with E-state index in [9.17, 15) is 13.2 Å². The van der Waals surface area contributed by atoms with Crippen LogP contribution in [0.2, 0.25) is 10.0 Å². The number of amidine groups is 1. The molecular weight excluding hydrogens is 540 g/mol. The Labute approximate surface area is 228 Å². The Bertz CT molecular complexity index is 1320. The summed E-state index contributed by atoms with van der Waals surface area (Å²) in [7, 11) is 0. The third-order valence-electron chi connectivity index (χ3n) is 6.78. The number of hydrogen-bond acceptors (Lipinski definition) is 7. The van der Waals surface area contributed by atoms with Crippen molar-refractivity contribution in [1.82, 2.24) is 15.3 Å². The molecule has 7 nitrogen and oxygen atoms in total. The van der Waals surface area contributed by atoms with E-state index < -0.39 is 11.9 Å². The predicted octanol–water partition coefficient (Wildman–Crippen LogP) is 6.47. The number of benzene rings is 1. The van der Waals surface area contributed by atoms with Crippen LogP contribution in [-0.2, 0) is 19.3 Å². The van der Waals surface area contributed by atoms with Gasteiger partial charge in [-0.2, -0.15) is 18.2 Å². The summed E-state index contributed by atoms with van der Waals surface area (Å²) in [6.45, 7) is 4.28. The topological polar surface area (TPSA) is 78.6 Å². The lowest BCUT2D eigenvalue weighted by molar-refractivity contribution is -0.154. The fourth-order valence-electron chi connectivity index (χ4n) is 4.91. The first-order chi connectivity index (χ1) is 18.2. The number of nitrogens with one attached hydrogen (secondary N) is 2. The Kier molecular flexibility index (Phi) is 7.83. The zero-order valence-corrected chi connectivity index (χ0v) is 22.2. The Morgan fingerprint density at radius 2 is 1.92 bits per heavy atom. The second-order valence-corrected chi connectivity index (χ2v) is 10.3. The molecule has 38 heavy (non-hydrogen) atoms. The van der Waals surface area contributed by atoms with Crippen LogP contribution in [-0.4, -0.2) is 35.4 Å². The van der Waals surface area contributed by atoms with Crippen LogP contribution in [0.15, 0.2) is 39.9 Å². The molecule has 0 atom stereocenters. The van der Waals surface area contributed by atoms with Crippen molar-refractivity contribution in [3.63, 3.8) is 0 Å². The van der Waals surface area contributed by atoms with Crippen LogP contribution in [0.5, 0.6) is 0 Å². The maximum absolute atomic E-state index is 13.4. The van der Waals surface area contributed by atoms with E-state index in [1.807, 2.05) is 4.90 Å². The number of halogens is 5. The first kappa shape index (κ1) is 26.8. The minimum absolute atomic E-state index is 0.0100. The number of piperidine rings is 1. The molecule has 0 radical (unpaired) electrons. The number of furan rings is 1. The van der Waals surface area contributed by atoms with Crippen molar-refractivity contribution < 1.29 is 17.6 Å². The van der Waals surface area contributed by atoms with Gasteiger partial charge in [0.15, 0.2) is 0 Å². The average Bonchev–Trinajstić information content (AvgIpc) is 3.28. The summed E-state index contributed by atoms with van der Waals surface area (Å²) in [5.74, 6) is 1.17. The van der Waals surface area contributed by atoms with Gasteiger partial charge in [-0.1, -0.05) is 29.3 Å². The lowest BCUT2D eigenvalue weighted by Gasteiger charge is -2.33. The van der Waals surface area contributed by atoms with Gasteiger partial charge in [-0.05, 0) is 63.4 Å². The second kappa shape index (κ2) is 11.1. The number of fused-ring (bicyclic) bond motifs is 1. The number of anilines is 2. The third kappa shape index (κ3) is 5.77. The molecule has 4 heterocycles. The van der Waals surface area contributed by atoms with E-state index in [1.165, 1.54) is 13.0 Å². The zero-order chi connectivity index (χ0) is 26.9. The molecule has 1 fully saturated rings. The molecule has 0 saturated carbocycles. The molecule has 2 aliphatic rings. The van der Waals surface area contributed by atoms with Crippen LogP contribution in [0.25, 0.3) is 0 Å². The van der Waals surface area contributed by atoms with Crippen molar-refractivity contribution in [2.75, 3.05) is 29.9 Å². The molecule has 0 bridgehead atoms. The Hall–Kier alpha value is -2.82. The van der Waals surface area contributed by atoms with E-state index in [0.717, 1.165) is 37.9 Å². The molecule has 0 amide bonds. The van der Waals surface area contributed by atoms with Crippen molar-refractivity contribution in [3.05, 3.63) is 68.7 Å². The molecule has 2 aromatic heterocycles. The van der Waals surface area contributed by atoms with Crippen LogP contribution < -0.4 is 15.5 Å². The summed E-state index contributed by atoms with van der Waals surface area (Å²) in [4.78, 5) is 15.9. The van der Waals surface area contributed by atoms with Crippen molar-refractivity contribution in [2.24, 2.45) is 10.9 Å². The fraction of sp³-hybridized carbons (Fsp3) is 0.423. The Morgan fingerprint density at radius 1 is 1.18 bits per heavy atom. The molecule has 5 rings (SSSR count). The highest BCUT2D eigenvalue weighted by Gasteiger charge is 2.38. The number of hydrogen-bond donors (Lipinski definition) is 2.